The van der Waals surface area contributed by atoms with Crippen molar-refractivity contribution in [2.24, 2.45) is 0 Å². The summed E-state index contributed by atoms with van der Waals surface area (Å²) in [5.41, 5.74) is 2.00. The minimum atomic E-state index is -0.305. The second-order valence-electron chi connectivity index (χ2n) is 8.51. The van der Waals surface area contributed by atoms with E-state index < -0.39 is 0 Å². The van der Waals surface area contributed by atoms with Crippen LogP contribution in [0.4, 0.5) is 4.39 Å². The average Bonchev–Trinajstić information content (AvgIpc) is 2.83. The molecule has 0 radical (unpaired) electrons. The van der Waals surface area contributed by atoms with E-state index >= 15 is 0 Å². The predicted molar refractivity (Wildman–Crippen MR) is 121 cm³/mol. The molecule has 6 nitrogen and oxygen atoms in total. The molecule has 0 spiro atoms. The first-order valence-corrected chi connectivity index (χ1v) is 12.1. The third-order valence-electron chi connectivity index (χ3n) is 6.18. The van der Waals surface area contributed by atoms with Crippen LogP contribution >= 0.6 is 0 Å². The average molecular weight is 455 g/mol. The number of alkyl halides is 1. The van der Waals surface area contributed by atoms with E-state index in [-0.39, 0.29) is 19.3 Å². The maximum absolute atomic E-state index is 12.5. The maximum Gasteiger partial charge on any atom is 0.207 e. The standard InChI is InChI=1S/C25H39FO6/c1-18-19(12-6-4-5-9-15-26)23(32-21-14-8-11-17-30-21)25(28-3)24(27-2)22(18)31-20-13-7-10-16-29-20/h20-21H,4-17H2,1-3H3. The molecule has 0 aliphatic carbocycles. The van der Waals surface area contributed by atoms with Gasteiger partial charge >= 0.3 is 0 Å². The van der Waals surface area contributed by atoms with Crippen LogP contribution in [-0.2, 0) is 15.9 Å². The fourth-order valence-corrected chi connectivity index (χ4v) is 4.38. The lowest BCUT2D eigenvalue weighted by Gasteiger charge is -2.30. The monoisotopic (exact) mass is 454 g/mol. The van der Waals surface area contributed by atoms with E-state index in [1.165, 1.54) is 0 Å². The van der Waals surface area contributed by atoms with Crippen molar-refractivity contribution in [1.29, 1.82) is 0 Å². The topological polar surface area (TPSA) is 55.4 Å². The van der Waals surface area contributed by atoms with Gasteiger partial charge in [-0.15, -0.1) is 0 Å². The lowest BCUT2D eigenvalue weighted by molar-refractivity contribution is -0.109. The number of unbranched alkanes of at least 4 members (excludes halogenated alkanes) is 3. The minimum Gasteiger partial charge on any atom is -0.490 e. The van der Waals surface area contributed by atoms with E-state index in [4.69, 9.17) is 28.4 Å². The van der Waals surface area contributed by atoms with Crippen LogP contribution in [0.25, 0.3) is 0 Å². The zero-order valence-electron chi connectivity index (χ0n) is 19.9. The highest BCUT2D eigenvalue weighted by atomic mass is 19.1. The molecular weight excluding hydrogens is 415 g/mol. The Morgan fingerprint density at radius 3 is 1.84 bits per heavy atom. The number of halogens is 1. The number of methoxy groups -OCH3 is 2. The molecule has 0 amide bonds. The van der Waals surface area contributed by atoms with Crippen molar-refractivity contribution >= 4 is 0 Å². The van der Waals surface area contributed by atoms with Gasteiger partial charge in [-0.2, -0.15) is 0 Å². The molecule has 2 atom stereocenters. The lowest BCUT2D eigenvalue weighted by Crippen LogP contribution is -2.27. The Morgan fingerprint density at radius 2 is 1.31 bits per heavy atom. The van der Waals surface area contributed by atoms with Crippen LogP contribution in [-0.4, -0.2) is 46.7 Å². The number of ether oxygens (including phenoxy) is 6. The van der Waals surface area contributed by atoms with Crippen molar-refractivity contribution in [2.45, 2.75) is 90.1 Å². The lowest BCUT2D eigenvalue weighted by atomic mass is 9.98. The quantitative estimate of drug-likeness (QED) is 0.367. The van der Waals surface area contributed by atoms with Gasteiger partial charge in [0.15, 0.2) is 24.1 Å². The van der Waals surface area contributed by atoms with Crippen LogP contribution in [0.2, 0.25) is 0 Å². The zero-order chi connectivity index (χ0) is 22.8. The SMILES string of the molecule is COc1c(OC2CCCCO2)c(C)c(CCCCCCF)c(OC2CCCCO2)c1OC. The van der Waals surface area contributed by atoms with Crippen molar-refractivity contribution in [3.8, 4) is 23.0 Å². The van der Waals surface area contributed by atoms with E-state index in [1.54, 1.807) is 14.2 Å². The first-order valence-electron chi connectivity index (χ1n) is 12.1. The molecule has 0 N–H and O–H groups in total. The van der Waals surface area contributed by atoms with E-state index in [1.807, 2.05) is 6.92 Å². The highest BCUT2D eigenvalue weighted by Gasteiger charge is 2.30. The van der Waals surface area contributed by atoms with Crippen molar-refractivity contribution in [2.75, 3.05) is 34.1 Å². The summed E-state index contributed by atoms with van der Waals surface area (Å²) in [6.07, 6.45) is 9.49. The Kier molecular flexibility index (Phi) is 10.2. The molecule has 2 fully saturated rings. The Morgan fingerprint density at radius 1 is 0.750 bits per heavy atom. The first kappa shape index (κ1) is 24.9. The van der Waals surface area contributed by atoms with Crippen molar-refractivity contribution in [1.82, 2.24) is 0 Å². The molecule has 3 rings (SSSR count). The van der Waals surface area contributed by atoms with E-state index in [2.05, 4.69) is 0 Å². The summed E-state index contributed by atoms with van der Waals surface area (Å²) in [6.45, 7) is 3.17. The molecule has 0 aromatic heterocycles. The van der Waals surface area contributed by atoms with Crippen LogP contribution in [0, 0.1) is 6.92 Å². The van der Waals surface area contributed by atoms with Crippen LogP contribution < -0.4 is 18.9 Å². The highest BCUT2D eigenvalue weighted by molar-refractivity contribution is 5.67. The fourth-order valence-electron chi connectivity index (χ4n) is 4.38. The summed E-state index contributed by atoms with van der Waals surface area (Å²) in [7, 11) is 3.23. The van der Waals surface area contributed by atoms with Gasteiger partial charge in [0.05, 0.1) is 34.1 Å². The molecule has 0 bridgehead atoms. The van der Waals surface area contributed by atoms with Crippen molar-refractivity contribution in [3.05, 3.63) is 11.1 Å². The Balaban J connectivity index is 1.94. The zero-order valence-corrected chi connectivity index (χ0v) is 19.9. The smallest absolute Gasteiger partial charge is 0.207 e. The molecule has 1 aromatic carbocycles. The molecule has 32 heavy (non-hydrogen) atoms. The Bertz CT molecular complexity index is 698. The molecule has 1 aromatic rings. The summed E-state index contributed by atoms with van der Waals surface area (Å²) in [5.74, 6) is 2.35. The van der Waals surface area contributed by atoms with E-state index in [0.717, 1.165) is 75.3 Å². The van der Waals surface area contributed by atoms with E-state index in [0.29, 0.717) is 42.6 Å². The van der Waals surface area contributed by atoms with Gasteiger partial charge in [-0.1, -0.05) is 12.8 Å². The number of hydrogen-bond donors (Lipinski definition) is 0. The molecule has 7 heteroatoms. The van der Waals surface area contributed by atoms with Gasteiger partial charge in [-0.25, -0.2) is 0 Å². The second-order valence-corrected chi connectivity index (χ2v) is 8.51. The van der Waals surface area contributed by atoms with Crippen LogP contribution in [0.3, 0.4) is 0 Å². The van der Waals surface area contributed by atoms with Crippen molar-refractivity contribution < 1.29 is 32.8 Å². The minimum absolute atomic E-state index is 0.262. The Labute approximate surface area is 191 Å². The number of rotatable bonds is 12. The molecular formula is C25H39FO6. The normalized spacial score (nSPS) is 21.2. The molecule has 2 saturated heterocycles. The largest absolute Gasteiger partial charge is 0.490 e. The van der Waals surface area contributed by atoms with Gasteiger partial charge in [0.1, 0.15) is 0 Å². The number of benzene rings is 1. The van der Waals surface area contributed by atoms with Gasteiger partial charge in [0.2, 0.25) is 11.5 Å². The molecule has 2 heterocycles. The third kappa shape index (κ3) is 6.41. The van der Waals surface area contributed by atoms with Crippen LogP contribution in [0.15, 0.2) is 0 Å². The van der Waals surface area contributed by atoms with Gasteiger partial charge < -0.3 is 28.4 Å². The van der Waals surface area contributed by atoms with Gasteiger partial charge in [-0.05, 0) is 51.9 Å². The molecule has 182 valence electrons. The first-order chi connectivity index (χ1) is 15.7. The predicted octanol–water partition coefficient (Wildman–Crippen LogP) is 5.90. The second kappa shape index (κ2) is 13.1. The Hall–Kier alpha value is -1.73. The molecule has 2 unspecified atom stereocenters. The highest BCUT2D eigenvalue weighted by Crippen LogP contribution is 2.51. The van der Waals surface area contributed by atoms with Crippen molar-refractivity contribution in [3.63, 3.8) is 0 Å². The molecule has 0 saturated carbocycles. The fraction of sp³-hybridized carbons (Fsp3) is 0.760. The van der Waals surface area contributed by atoms with E-state index in [9.17, 15) is 4.39 Å². The van der Waals surface area contributed by atoms with Gasteiger partial charge in [0.25, 0.3) is 0 Å². The maximum atomic E-state index is 12.5. The van der Waals surface area contributed by atoms with Crippen LogP contribution in [0.5, 0.6) is 23.0 Å². The number of hydrogen-bond acceptors (Lipinski definition) is 6. The summed E-state index contributed by atoms with van der Waals surface area (Å²) in [6, 6.07) is 0. The van der Waals surface area contributed by atoms with Gasteiger partial charge in [-0.3, -0.25) is 4.39 Å². The third-order valence-corrected chi connectivity index (χ3v) is 6.18. The summed E-state index contributed by atoms with van der Waals surface area (Å²) < 4.78 is 48.4. The molecule has 2 aliphatic rings. The summed E-state index contributed by atoms with van der Waals surface area (Å²) in [4.78, 5) is 0. The molecule has 2 aliphatic heterocycles. The summed E-state index contributed by atoms with van der Waals surface area (Å²) in [5, 5.41) is 0. The van der Waals surface area contributed by atoms with Crippen LogP contribution in [0.1, 0.15) is 75.3 Å². The summed E-state index contributed by atoms with van der Waals surface area (Å²) >= 11 is 0. The van der Waals surface area contributed by atoms with Gasteiger partial charge in [0, 0.05) is 24.0 Å².